The first-order valence-corrected chi connectivity index (χ1v) is 24.6. The maximum Gasteiger partial charge on any atom is 0.174 e. The van der Waals surface area contributed by atoms with Gasteiger partial charge in [-0.15, -0.1) is 0 Å². The fraction of sp³-hybridized carbons (Fsp3) is 1.00. The third-order valence-corrected chi connectivity index (χ3v) is 18.1. The van der Waals surface area contributed by atoms with Crippen LogP contribution in [0.25, 0.3) is 0 Å². The zero-order valence-corrected chi connectivity index (χ0v) is 31.8. The van der Waals surface area contributed by atoms with Gasteiger partial charge >= 0.3 is 0 Å². The molecule has 0 N–H and O–H groups in total. The van der Waals surface area contributed by atoms with Crippen LogP contribution >= 0.6 is 27.4 Å². The van der Waals surface area contributed by atoms with E-state index in [1.165, 1.54) is 204 Å². The van der Waals surface area contributed by atoms with Gasteiger partial charge in [-0.1, -0.05) is 217 Å². The molecule has 0 spiro atoms. The molecule has 0 fully saturated rings. The van der Waals surface area contributed by atoms with E-state index in [0.29, 0.717) is 0 Å². The van der Waals surface area contributed by atoms with Crippen LogP contribution in [0.3, 0.4) is 0 Å². The standard InChI is InChI=1S/C36H75OPS3/c1-4-7-10-13-16-19-22-25-28-31-34-37-38(39,40-35-32-29-26-23-20-17-14-11-8-5-2)41-36-33-30-27-24-21-18-15-12-9-6-3/h4-36H2,1-3H3. The van der Waals surface area contributed by atoms with Crippen molar-refractivity contribution < 1.29 is 4.52 Å². The van der Waals surface area contributed by atoms with Gasteiger partial charge in [0.15, 0.2) is 4.67 Å². The van der Waals surface area contributed by atoms with Crippen LogP contribution in [0.2, 0.25) is 0 Å². The van der Waals surface area contributed by atoms with Gasteiger partial charge in [0.25, 0.3) is 0 Å². The zero-order chi connectivity index (χ0) is 30.0. The zero-order valence-electron chi connectivity index (χ0n) is 28.4. The van der Waals surface area contributed by atoms with Gasteiger partial charge in [0.1, 0.15) is 0 Å². The van der Waals surface area contributed by atoms with Gasteiger partial charge in [-0.3, -0.25) is 0 Å². The highest BCUT2D eigenvalue weighted by molar-refractivity contribution is 8.99. The van der Waals surface area contributed by atoms with E-state index in [-0.39, 0.29) is 0 Å². The minimum absolute atomic E-state index is 0.893. The molecule has 1 nitrogen and oxygen atoms in total. The molecule has 0 amide bonds. The quantitative estimate of drug-likeness (QED) is 0.0492. The number of hydrogen-bond acceptors (Lipinski definition) is 4. The maximum atomic E-state index is 6.54. The lowest BCUT2D eigenvalue weighted by Crippen LogP contribution is -1.93. The second-order valence-electron chi connectivity index (χ2n) is 12.5. The summed E-state index contributed by atoms with van der Waals surface area (Å²) in [6.45, 7) is 7.80. The summed E-state index contributed by atoms with van der Waals surface area (Å²) in [5.41, 5.74) is 0. The Hall–Kier alpha value is 1.31. The van der Waals surface area contributed by atoms with Crippen LogP contribution in [0.4, 0.5) is 0 Å². The van der Waals surface area contributed by atoms with Crippen LogP contribution in [0.1, 0.15) is 213 Å². The van der Waals surface area contributed by atoms with Crippen molar-refractivity contribution in [1.29, 1.82) is 0 Å². The molecule has 0 atom stereocenters. The molecule has 0 aliphatic heterocycles. The first-order chi connectivity index (χ1) is 20.2. The Bertz CT molecular complexity index is 460. The molecule has 0 saturated heterocycles. The average Bonchev–Trinajstić information content (AvgIpc) is 2.97. The van der Waals surface area contributed by atoms with Gasteiger partial charge in [-0.25, -0.2) is 0 Å². The fourth-order valence-electron chi connectivity index (χ4n) is 5.41. The molecule has 0 heterocycles. The van der Waals surface area contributed by atoms with Crippen LogP contribution in [-0.2, 0) is 16.3 Å². The highest BCUT2D eigenvalue weighted by Crippen LogP contribution is 2.70. The summed E-state index contributed by atoms with van der Waals surface area (Å²) in [5.74, 6) is 2.41. The van der Waals surface area contributed by atoms with Crippen LogP contribution < -0.4 is 0 Å². The molecular weight excluding hydrogens is 576 g/mol. The van der Waals surface area contributed by atoms with Crippen LogP contribution in [0.5, 0.6) is 0 Å². The van der Waals surface area contributed by atoms with E-state index < -0.39 is 4.67 Å². The summed E-state index contributed by atoms with van der Waals surface area (Å²) >= 11 is 10.3. The Balaban J connectivity index is 4.07. The highest BCUT2D eigenvalue weighted by Gasteiger charge is 2.19. The van der Waals surface area contributed by atoms with Gasteiger partial charge in [0, 0.05) is 11.5 Å². The van der Waals surface area contributed by atoms with Crippen molar-refractivity contribution in [3.63, 3.8) is 0 Å². The minimum Gasteiger partial charge on any atom is -0.334 e. The molecule has 0 aromatic carbocycles. The van der Waals surface area contributed by atoms with Crippen LogP contribution in [0, 0.1) is 0 Å². The monoisotopic (exact) mass is 650 g/mol. The van der Waals surface area contributed by atoms with Crippen LogP contribution in [0.15, 0.2) is 0 Å². The molecule has 0 rings (SSSR count). The van der Waals surface area contributed by atoms with E-state index in [4.69, 9.17) is 16.3 Å². The second-order valence-corrected chi connectivity index (χ2v) is 23.2. The lowest BCUT2D eigenvalue weighted by molar-refractivity contribution is 0.347. The van der Waals surface area contributed by atoms with E-state index in [9.17, 15) is 0 Å². The fourth-order valence-corrected chi connectivity index (χ4v) is 13.9. The number of hydrogen-bond donors (Lipinski definition) is 0. The van der Waals surface area contributed by atoms with Crippen molar-refractivity contribution in [1.82, 2.24) is 0 Å². The normalized spacial score (nSPS) is 12.0. The number of rotatable bonds is 36. The summed E-state index contributed by atoms with van der Waals surface area (Å²) in [5, 5.41) is 0. The van der Waals surface area contributed by atoms with Crippen molar-refractivity contribution in [2.45, 2.75) is 213 Å². The summed E-state index contributed by atoms with van der Waals surface area (Å²) in [4.78, 5) is 0. The van der Waals surface area contributed by atoms with E-state index >= 15 is 0 Å². The molecule has 0 aliphatic rings. The van der Waals surface area contributed by atoms with E-state index in [0.717, 1.165) is 6.61 Å². The van der Waals surface area contributed by atoms with Crippen LogP contribution in [-0.4, -0.2) is 18.1 Å². The SMILES string of the molecule is CCCCCCCCCCCCOP(=S)(SCCCCCCCCCCCC)SCCCCCCCCCCCC. The lowest BCUT2D eigenvalue weighted by atomic mass is 10.1. The van der Waals surface area contributed by atoms with E-state index in [1.807, 2.05) is 22.8 Å². The number of unbranched alkanes of at least 4 members (excludes halogenated alkanes) is 27. The van der Waals surface area contributed by atoms with Gasteiger partial charge in [-0.2, -0.15) is 0 Å². The van der Waals surface area contributed by atoms with Crippen molar-refractivity contribution in [2.24, 2.45) is 0 Å². The molecule has 0 bridgehead atoms. The molecule has 41 heavy (non-hydrogen) atoms. The topological polar surface area (TPSA) is 9.23 Å². The summed E-state index contributed by atoms with van der Waals surface area (Å²) in [6, 6.07) is 0. The molecule has 0 aromatic heterocycles. The highest BCUT2D eigenvalue weighted by atomic mass is 33.2. The summed E-state index contributed by atoms with van der Waals surface area (Å²) < 4.78 is 4.75. The first-order valence-electron chi connectivity index (χ1n) is 18.7. The molecule has 248 valence electrons. The Morgan fingerprint density at radius 1 is 0.366 bits per heavy atom. The van der Waals surface area contributed by atoms with Crippen molar-refractivity contribution >= 4 is 39.2 Å². The van der Waals surface area contributed by atoms with Gasteiger partial charge in [-0.05, 0) is 31.1 Å². The Kier molecular flexibility index (Phi) is 36.9. The van der Waals surface area contributed by atoms with Gasteiger partial charge in [0.05, 0.1) is 6.61 Å². The smallest absolute Gasteiger partial charge is 0.174 e. The third kappa shape index (κ3) is 34.0. The molecular formula is C36H75OPS3. The molecule has 0 unspecified atom stereocenters. The predicted octanol–water partition coefficient (Wildman–Crippen LogP) is 15.5. The van der Waals surface area contributed by atoms with Crippen molar-refractivity contribution in [3.05, 3.63) is 0 Å². The summed E-state index contributed by atoms with van der Waals surface area (Å²) in [7, 11) is 0. The lowest BCUT2D eigenvalue weighted by Gasteiger charge is -2.21. The molecule has 0 saturated carbocycles. The maximum absolute atomic E-state index is 6.54. The van der Waals surface area contributed by atoms with Gasteiger partial charge in [0.2, 0.25) is 0 Å². The minimum atomic E-state index is -1.78. The Morgan fingerprint density at radius 2 is 0.610 bits per heavy atom. The molecule has 5 heteroatoms. The molecule has 0 radical (unpaired) electrons. The third-order valence-electron chi connectivity index (χ3n) is 8.24. The van der Waals surface area contributed by atoms with E-state index in [2.05, 4.69) is 20.8 Å². The van der Waals surface area contributed by atoms with Gasteiger partial charge < -0.3 is 4.52 Å². The van der Waals surface area contributed by atoms with Crippen molar-refractivity contribution in [3.8, 4) is 0 Å². The average molecular weight is 651 g/mol. The van der Waals surface area contributed by atoms with E-state index in [1.54, 1.807) is 0 Å². The Morgan fingerprint density at radius 3 is 0.902 bits per heavy atom. The Labute approximate surface area is 274 Å². The first kappa shape index (κ1) is 42.3. The van der Waals surface area contributed by atoms with Crippen molar-refractivity contribution in [2.75, 3.05) is 18.1 Å². The summed E-state index contributed by atoms with van der Waals surface area (Å²) in [6.07, 6.45) is 41.9. The molecule has 0 aromatic rings. The largest absolute Gasteiger partial charge is 0.334 e. The second kappa shape index (κ2) is 35.8. The predicted molar refractivity (Wildman–Crippen MR) is 201 cm³/mol. The molecule has 0 aliphatic carbocycles.